The number of aromatic nitrogens is 2. The van der Waals surface area contributed by atoms with Gasteiger partial charge in [0.15, 0.2) is 5.82 Å². The SMILES string of the molecule is CCN(CC)CC(O)CNCc1nc(C)no1. The van der Waals surface area contributed by atoms with Gasteiger partial charge in [-0.05, 0) is 20.0 Å². The predicted octanol–water partition coefficient (Wildman–Crippen LogP) is 0.170. The van der Waals surface area contributed by atoms with Gasteiger partial charge in [-0.1, -0.05) is 19.0 Å². The van der Waals surface area contributed by atoms with Gasteiger partial charge in [-0.2, -0.15) is 4.98 Å². The predicted molar refractivity (Wildman–Crippen MR) is 64.5 cm³/mol. The summed E-state index contributed by atoms with van der Waals surface area (Å²) < 4.78 is 4.95. The number of rotatable bonds is 8. The number of nitrogens with zero attached hydrogens (tertiary/aromatic N) is 3. The van der Waals surface area contributed by atoms with E-state index in [9.17, 15) is 5.11 Å². The van der Waals surface area contributed by atoms with E-state index in [-0.39, 0.29) is 6.10 Å². The molecule has 0 aliphatic rings. The van der Waals surface area contributed by atoms with Crippen LogP contribution in [0.25, 0.3) is 0 Å². The molecule has 0 fully saturated rings. The Hall–Kier alpha value is -0.980. The summed E-state index contributed by atoms with van der Waals surface area (Å²) in [4.78, 5) is 6.25. The molecular weight excluding hydrogens is 220 g/mol. The smallest absolute Gasteiger partial charge is 0.240 e. The monoisotopic (exact) mass is 242 g/mol. The molecule has 1 heterocycles. The molecule has 98 valence electrons. The third-order valence-electron chi connectivity index (χ3n) is 2.59. The van der Waals surface area contributed by atoms with Crippen molar-refractivity contribution in [2.24, 2.45) is 0 Å². The molecule has 1 aromatic rings. The molecular formula is C11H22N4O2. The van der Waals surface area contributed by atoms with E-state index in [0.29, 0.717) is 31.3 Å². The zero-order chi connectivity index (χ0) is 12.7. The molecule has 6 nitrogen and oxygen atoms in total. The van der Waals surface area contributed by atoms with Crippen molar-refractivity contribution in [3.8, 4) is 0 Å². The molecule has 0 amide bonds. The molecule has 0 spiro atoms. The average Bonchev–Trinajstić information content (AvgIpc) is 2.72. The first kappa shape index (κ1) is 14.1. The van der Waals surface area contributed by atoms with Gasteiger partial charge in [-0.25, -0.2) is 0 Å². The van der Waals surface area contributed by atoms with Crippen LogP contribution < -0.4 is 5.32 Å². The molecule has 6 heteroatoms. The van der Waals surface area contributed by atoms with E-state index in [4.69, 9.17) is 4.52 Å². The number of likely N-dealkylation sites (N-methyl/N-ethyl adjacent to an activating group) is 1. The molecule has 0 aromatic carbocycles. The molecule has 0 aliphatic carbocycles. The lowest BCUT2D eigenvalue weighted by atomic mass is 10.3. The van der Waals surface area contributed by atoms with Gasteiger partial charge in [0.25, 0.3) is 0 Å². The van der Waals surface area contributed by atoms with E-state index < -0.39 is 0 Å². The second-order valence-corrected chi connectivity index (χ2v) is 4.01. The lowest BCUT2D eigenvalue weighted by Gasteiger charge is -2.21. The van der Waals surface area contributed by atoms with Gasteiger partial charge in [0, 0.05) is 13.1 Å². The van der Waals surface area contributed by atoms with Gasteiger partial charge in [0.1, 0.15) is 0 Å². The molecule has 2 N–H and O–H groups in total. The standard InChI is InChI=1S/C11H22N4O2/c1-4-15(5-2)8-10(16)6-12-7-11-13-9(3)14-17-11/h10,12,16H,4-8H2,1-3H3. The second kappa shape index (κ2) is 7.37. The molecule has 0 bridgehead atoms. The van der Waals surface area contributed by atoms with Crippen LogP contribution in [0.4, 0.5) is 0 Å². The maximum absolute atomic E-state index is 9.79. The van der Waals surface area contributed by atoms with Crippen LogP contribution in [0.3, 0.4) is 0 Å². The van der Waals surface area contributed by atoms with Crippen molar-refractivity contribution >= 4 is 0 Å². The molecule has 17 heavy (non-hydrogen) atoms. The molecule has 1 aromatic heterocycles. The first-order valence-corrected chi connectivity index (χ1v) is 6.06. The van der Waals surface area contributed by atoms with Gasteiger partial charge in [-0.15, -0.1) is 0 Å². The van der Waals surface area contributed by atoms with E-state index in [1.165, 1.54) is 0 Å². The maximum atomic E-state index is 9.79. The lowest BCUT2D eigenvalue weighted by Crippen LogP contribution is -2.38. The fourth-order valence-electron chi connectivity index (χ4n) is 1.60. The highest BCUT2D eigenvalue weighted by atomic mass is 16.5. The first-order valence-electron chi connectivity index (χ1n) is 6.06. The van der Waals surface area contributed by atoms with Crippen molar-refractivity contribution in [1.29, 1.82) is 0 Å². The Labute approximate surface area is 102 Å². The van der Waals surface area contributed by atoms with Gasteiger partial charge >= 0.3 is 0 Å². The Balaban J connectivity index is 2.17. The number of aliphatic hydroxyl groups is 1. The number of aliphatic hydroxyl groups excluding tert-OH is 1. The fourth-order valence-corrected chi connectivity index (χ4v) is 1.60. The Kier molecular flexibility index (Phi) is 6.10. The van der Waals surface area contributed by atoms with Gasteiger partial charge in [0.05, 0.1) is 12.6 Å². The highest BCUT2D eigenvalue weighted by Gasteiger charge is 2.09. The third kappa shape index (κ3) is 5.25. The minimum Gasteiger partial charge on any atom is -0.390 e. The Bertz CT molecular complexity index is 312. The van der Waals surface area contributed by atoms with Crippen LogP contribution in [0.5, 0.6) is 0 Å². The summed E-state index contributed by atoms with van der Waals surface area (Å²) in [6.07, 6.45) is -0.376. The highest BCUT2D eigenvalue weighted by Crippen LogP contribution is 1.95. The quantitative estimate of drug-likeness (QED) is 0.677. The summed E-state index contributed by atoms with van der Waals surface area (Å²) in [5, 5.41) is 16.6. The second-order valence-electron chi connectivity index (χ2n) is 4.01. The van der Waals surface area contributed by atoms with Gasteiger partial charge < -0.3 is 19.8 Å². The zero-order valence-corrected chi connectivity index (χ0v) is 10.8. The van der Waals surface area contributed by atoms with Crippen LogP contribution in [0.2, 0.25) is 0 Å². The molecule has 0 radical (unpaired) electrons. The zero-order valence-electron chi connectivity index (χ0n) is 10.8. The molecule has 1 unspecified atom stereocenters. The van der Waals surface area contributed by atoms with Crippen LogP contribution in [-0.2, 0) is 6.54 Å². The summed E-state index contributed by atoms with van der Waals surface area (Å²) in [7, 11) is 0. The molecule has 0 aliphatic heterocycles. The van der Waals surface area contributed by atoms with Crippen LogP contribution >= 0.6 is 0 Å². The highest BCUT2D eigenvalue weighted by molar-refractivity contribution is 4.82. The van der Waals surface area contributed by atoms with E-state index in [2.05, 4.69) is 34.2 Å². The van der Waals surface area contributed by atoms with E-state index in [1.807, 2.05) is 0 Å². The average molecular weight is 242 g/mol. The van der Waals surface area contributed by atoms with Crippen LogP contribution in [0.1, 0.15) is 25.6 Å². The lowest BCUT2D eigenvalue weighted by molar-refractivity contribution is 0.116. The summed E-state index contributed by atoms with van der Waals surface area (Å²) in [6, 6.07) is 0. The maximum Gasteiger partial charge on any atom is 0.240 e. The van der Waals surface area contributed by atoms with Crippen LogP contribution in [-0.4, -0.2) is 52.4 Å². The summed E-state index contributed by atoms with van der Waals surface area (Å²) >= 11 is 0. The van der Waals surface area contributed by atoms with Gasteiger partial charge in [0.2, 0.25) is 5.89 Å². The van der Waals surface area contributed by atoms with Crippen molar-refractivity contribution in [3.05, 3.63) is 11.7 Å². The molecule has 1 atom stereocenters. The van der Waals surface area contributed by atoms with Gasteiger partial charge in [-0.3, -0.25) is 0 Å². The normalized spacial score (nSPS) is 13.2. The largest absolute Gasteiger partial charge is 0.390 e. The van der Waals surface area contributed by atoms with Crippen molar-refractivity contribution < 1.29 is 9.63 Å². The summed E-state index contributed by atoms with van der Waals surface area (Å²) in [5.74, 6) is 1.18. The minimum absolute atomic E-state index is 0.376. The Morgan fingerprint density at radius 3 is 2.65 bits per heavy atom. The topological polar surface area (TPSA) is 74.4 Å². The van der Waals surface area contributed by atoms with Crippen LogP contribution in [0, 0.1) is 6.92 Å². The van der Waals surface area contributed by atoms with Crippen LogP contribution in [0.15, 0.2) is 4.52 Å². The van der Waals surface area contributed by atoms with E-state index >= 15 is 0 Å². The number of hydrogen-bond acceptors (Lipinski definition) is 6. The summed E-state index contributed by atoms with van der Waals surface area (Å²) in [6.45, 7) is 9.57. The van der Waals surface area contributed by atoms with E-state index in [0.717, 1.165) is 13.1 Å². The summed E-state index contributed by atoms with van der Waals surface area (Å²) in [5.41, 5.74) is 0. The van der Waals surface area contributed by atoms with Crippen molar-refractivity contribution in [2.75, 3.05) is 26.2 Å². The van der Waals surface area contributed by atoms with Crippen molar-refractivity contribution in [3.63, 3.8) is 0 Å². The molecule has 0 saturated heterocycles. The van der Waals surface area contributed by atoms with E-state index in [1.54, 1.807) is 6.92 Å². The Morgan fingerprint density at radius 2 is 2.12 bits per heavy atom. The minimum atomic E-state index is -0.376. The molecule has 0 saturated carbocycles. The van der Waals surface area contributed by atoms with Crippen molar-refractivity contribution in [2.45, 2.75) is 33.4 Å². The first-order chi connectivity index (χ1) is 8.15. The van der Waals surface area contributed by atoms with Crippen molar-refractivity contribution in [1.82, 2.24) is 20.4 Å². The number of aryl methyl sites for hydroxylation is 1. The number of nitrogens with one attached hydrogen (secondary N) is 1. The molecule has 1 rings (SSSR count). The fraction of sp³-hybridized carbons (Fsp3) is 0.818. The third-order valence-corrected chi connectivity index (χ3v) is 2.59. The number of hydrogen-bond donors (Lipinski definition) is 2. The Morgan fingerprint density at radius 1 is 1.41 bits per heavy atom.